The molecule has 0 amide bonds. The Morgan fingerprint density at radius 1 is 1.33 bits per heavy atom. The van der Waals surface area contributed by atoms with Gasteiger partial charge in [-0.3, -0.25) is 0 Å². The van der Waals surface area contributed by atoms with Crippen molar-refractivity contribution < 1.29 is 64.3 Å². The number of hydrogen-bond donors (Lipinski definition) is 1. The van der Waals surface area contributed by atoms with Crippen LogP contribution in [0.2, 0.25) is 5.02 Å². The normalized spacial score (nSPS) is 10.9. The van der Waals surface area contributed by atoms with Crippen molar-refractivity contribution >= 4 is 36.0 Å². The Balaban J connectivity index is 0.00000196. The minimum atomic E-state index is -4.78. The van der Waals surface area contributed by atoms with Gasteiger partial charge >= 0.3 is 58.4 Å². The van der Waals surface area contributed by atoms with Crippen LogP contribution in [0.1, 0.15) is 0 Å². The van der Waals surface area contributed by atoms with Gasteiger partial charge in [0.25, 0.3) is 0 Å². The van der Waals surface area contributed by atoms with E-state index in [2.05, 4.69) is 0 Å². The molecule has 0 fully saturated rings. The molecule has 1 rings (SSSR count). The Morgan fingerprint density at radius 2 is 1.93 bits per heavy atom. The molecule has 0 aliphatic heterocycles. The van der Waals surface area contributed by atoms with Crippen molar-refractivity contribution in [1.82, 2.24) is 0 Å². The second-order valence-electron chi connectivity index (χ2n) is 2.71. The smallest absolute Gasteiger partial charge is 0.448 e. The first-order valence-corrected chi connectivity index (χ1v) is 5.13. The summed E-state index contributed by atoms with van der Waals surface area (Å²) in [7, 11) is 0. The fraction of sp³-hybridized carbons (Fsp3) is 0.143. The van der Waals surface area contributed by atoms with Crippen LogP contribution in [0.4, 0.5) is 18.6 Å². The van der Waals surface area contributed by atoms with Gasteiger partial charge in [-0.15, -0.1) is 0 Å². The van der Waals surface area contributed by atoms with Gasteiger partial charge in [0.2, 0.25) is 0 Å². The molecule has 0 bridgehead atoms. The van der Waals surface area contributed by atoms with E-state index in [1.54, 1.807) is 0 Å². The SMILES string of the molecule is Nc1ccc(SC[B-](F)(F)F)c(Cl)c1.[K+]. The fourth-order valence-electron chi connectivity index (χ4n) is 0.818. The zero-order valence-corrected chi connectivity index (χ0v) is 12.7. The predicted octanol–water partition coefficient (Wildman–Crippen LogP) is 0.405. The molecule has 8 heteroatoms. The molecule has 1 nitrogen and oxygen atoms in total. The summed E-state index contributed by atoms with van der Waals surface area (Å²) in [6.07, 6.45) is 0. The van der Waals surface area contributed by atoms with E-state index in [9.17, 15) is 12.9 Å². The van der Waals surface area contributed by atoms with Gasteiger partial charge in [-0.2, -0.15) is 11.8 Å². The van der Waals surface area contributed by atoms with Crippen molar-refractivity contribution in [3.05, 3.63) is 23.2 Å². The van der Waals surface area contributed by atoms with Crippen LogP contribution in [0.5, 0.6) is 0 Å². The van der Waals surface area contributed by atoms with E-state index in [0.29, 0.717) is 22.3 Å². The number of halogens is 4. The first-order valence-electron chi connectivity index (χ1n) is 3.77. The Labute approximate surface area is 138 Å². The molecule has 0 atom stereocenters. The third-order valence-corrected chi connectivity index (χ3v) is 3.02. The number of thioether (sulfide) groups is 1. The van der Waals surface area contributed by atoms with E-state index >= 15 is 0 Å². The number of nitrogen functional groups attached to an aromatic ring is 1. The first-order chi connectivity index (χ1) is 6.38. The molecule has 0 radical (unpaired) electrons. The summed E-state index contributed by atoms with van der Waals surface area (Å²) in [4.78, 5) is 0.403. The Hall–Kier alpha value is 1.15. The van der Waals surface area contributed by atoms with Crippen molar-refractivity contribution in [3.8, 4) is 0 Å². The molecule has 0 aromatic heterocycles. The molecule has 15 heavy (non-hydrogen) atoms. The maximum atomic E-state index is 11.9. The number of nitrogens with two attached hydrogens (primary N) is 1. The van der Waals surface area contributed by atoms with Crippen LogP contribution in [0.3, 0.4) is 0 Å². The molecule has 0 aliphatic carbocycles. The zero-order chi connectivity index (χ0) is 10.8. The predicted molar refractivity (Wildman–Crippen MR) is 55.7 cm³/mol. The van der Waals surface area contributed by atoms with Gasteiger partial charge in [0.15, 0.2) is 0 Å². The standard InChI is InChI=1S/C7H7BClF3NS.K/c9-6-3-5(13)1-2-7(6)14-4-8(10,11)12;/h1-3H,4,13H2;/q-1;+1. The second kappa shape index (κ2) is 6.78. The molecule has 0 heterocycles. The quantitative estimate of drug-likeness (QED) is 0.493. The van der Waals surface area contributed by atoms with Crippen LogP contribution in [-0.2, 0) is 0 Å². The van der Waals surface area contributed by atoms with Crippen LogP contribution < -0.4 is 57.1 Å². The van der Waals surface area contributed by atoms with Crippen molar-refractivity contribution in [1.29, 1.82) is 0 Å². The van der Waals surface area contributed by atoms with Crippen molar-refractivity contribution in [2.24, 2.45) is 0 Å². The summed E-state index contributed by atoms with van der Waals surface area (Å²) in [5.41, 5.74) is 4.95. The van der Waals surface area contributed by atoms with E-state index < -0.39 is 12.6 Å². The largest absolute Gasteiger partial charge is 1.00 e. The Bertz CT molecular complexity index is 337. The van der Waals surface area contributed by atoms with Crippen molar-refractivity contribution in [2.45, 2.75) is 4.90 Å². The summed E-state index contributed by atoms with van der Waals surface area (Å²) in [6, 6.07) is 4.45. The van der Waals surface area contributed by atoms with Crippen LogP contribution in [0.15, 0.2) is 23.1 Å². The topological polar surface area (TPSA) is 26.0 Å². The van der Waals surface area contributed by atoms with Crippen molar-refractivity contribution in [3.63, 3.8) is 0 Å². The monoisotopic (exact) mass is 279 g/mol. The third-order valence-electron chi connectivity index (χ3n) is 1.38. The van der Waals surface area contributed by atoms with E-state index in [1.807, 2.05) is 0 Å². The molecule has 0 unspecified atom stereocenters. The van der Waals surface area contributed by atoms with Gasteiger partial charge in [0.1, 0.15) is 0 Å². The molecule has 0 saturated heterocycles. The van der Waals surface area contributed by atoms with Crippen molar-refractivity contribution in [2.75, 3.05) is 11.4 Å². The molecule has 0 spiro atoms. The van der Waals surface area contributed by atoms with E-state index in [-0.39, 0.29) is 56.4 Å². The first kappa shape index (κ1) is 16.2. The zero-order valence-electron chi connectivity index (χ0n) is 8.01. The number of rotatable bonds is 3. The second-order valence-corrected chi connectivity index (χ2v) is 4.18. The average Bonchev–Trinajstić information content (AvgIpc) is 2.00. The number of hydrogen-bond acceptors (Lipinski definition) is 2. The van der Waals surface area contributed by atoms with Gasteiger partial charge in [0, 0.05) is 10.6 Å². The Morgan fingerprint density at radius 3 is 2.40 bits per heavy atom. The molecule has 78 valence electrons. The third kappa shape index (κ3) is 6.45. The van der Waals surface area contributed by atoms with Crippen LogP contribution in [0.25, 0.3) is 0 Å². The maximum absolute atomic E-state index is 11.9. The minimum absolute atomic E-state index is 0. The van der Waals surface area contributed by atoms with Gasteiger partial charge in [0.05, 0.1) is 5.02 Å². The Kier molecular flexibility index (Phi) is 7.30. The number of anilines is 1. The molecule has 0 saturated carbocycles. The fourth-order valence-corrected chi connectivity index (χ4v) is 1.90. The van der Waals surface area contributed by atoms with Crippen LogP contribution >= 0.6 is 23.4 Å². The van der Waals surface area contributed by atoms with Gasteiger partial charge in [-0.25, -0.2) is 0 Å². The van der Waals surface area contributed by atoms with Crippen LogP contribution in [0, 0.1) is 0 Å². The number of benzene rings is 1. The molecular formula is C7H7BClF3KNS. The van der Waals surface area contributed by atoms with Gasteiger partial charge in [-0.1, -0.05) is 11.6 Å². The summed E-state index contributed by atoms with van der Waals surface area (Å²) in [5, 5.41) is 0.259. The van der Waals surface area contributed by atoms with Crippen LogP contribution in [-0.4, -0.2) is 12.6 Å². The average molecular weight is 280 g/mol. The van der Waals surface area contributed by atoms with E-state index in [1.165, 1.54) is 18.2 Å². The minimum Gasteiger partial charge on any atom is -0.448 e. The molecule has 1 aromatic rings. The summed E-state index contributed by atoms with van der Waals surface area (Å²) in [6.45, 7) is -4.78. The van der Waals surface area contributed by atoms with Gasteiger partial charge in [-0.05, 0) is 23.9 Å². The van der Waals surface area contributed by atoms with E-state index in [4.69, 9.17) is 17.3 Å². The maximum Gasteiger partial charge on any atom is 1.00 e. The molecule has 2 N–H and O–H groups in total. The molecule has 1 aromatic carbocycles. The van der Waals surface area contributed by atoms with Gasteiger partial charge < -0.3 is 18.7 Å². The summed E-state index contributed by atoms with van der Waals surface area (Å²) >= 11 is 6.38. The summed E-state index contributed by atoms with van der Waals surface area (Å²) in [5.74, 6) is 0. The molecule has 0 aliphatic rings. The van der Waals surface area contributed by atoms with E-state index in [0.717, 1.165) is 0 Å². The summed E-state index contributed by atoms with van der Waals surface area (Å²) < 4.78 is 35.8. The molecular weight excluding hydrogens is 273 g/mol.